The molecule has 0 amide bonds. The first-order valence-electron chi connectivity index (χ1n) is 7.88. The zero-order valence-corrected chi connectivity index (χ0v) is 15.7. The van der Waals surface area contributed by atoms with Gasteiger partial charge < -0.3 is 10.6 Å². The van der Waals surface area contributed by atoms with Gasteiger partial charge in [0.1, 0.15) is 0 Å². The van der Waals surface area contributed by atoms with Crippen molar-refractivity contribution in [3.05, 3.63) is 53.9 Å². The van der Waals surface area contributed by atoms with Crippen LogP contribution < -0.4 is 10.6 Å². The van der Waals surface area contributed by atoms with Gasteiger partial charge in [0.25, 0.3) is 0 Å². The molecule has 1 fully saturated rings. The molecule has 5 nitrogen and oxygen atoms in total. The largest absolute Gasteiger partial charge is 0.357 e. The highest BCUT2D eigenvalue weighted by Gasteiger charge is 2.43. The van der Waals surface area contributed by atoms with Crippen molar-refractivity contribution in [2.45, 2.75) is 31.7 Å². The molecular formula is C17H24IN5. The minimum Gasteiger partial charge on any atom is -0.357 e. The highest BCUT2D eigenvalue weighted by atomic mass is 127. The normalized spacial score (nSPS) is 15.6. The van der Waals surface area contributed by atoms with E-state index in [9.17, 15) is 0 Å². The van der Waals surface area contributed by atoms with Crippen molar-refractivity contribution >= 4 is 29.9 Å². The minimum atomic E-state index is 0. The Hall–Kier alpha value is -1.57. The van der Waals surface area contributed by atoms with Crippen molar-refractivity contribution in [3.8, 4) is 0 Å². The quantitative estimate of drug-likeness (QED) is 0.379. The molecule has 6 heteroatoms. The summed E-state index contributed by atoms with van der Waals surface area (Å²) in [7, 11) is 0. The summed E-state index contributed by atoms with van der Waals surface area (Å²) in [6.45, 7) is 4.46. The first kappa shape index (κ1) is 17.8. The molecule has 1 saturated carbocycles. The number of guanidine groups is 1. The Bertz CT molecular complexity index is 605. The Kier molecular flexibility index (Phi) is 6.44. The van der Waals surface area contributed by atoms with Gasteiger partial charge >= 0.3 is 0 Å². The minimum absolute atomic E-state index is 0. The first-order chi connectivity index (χ1) is 10.8. The number of H-pyrrole nitrogens is 1. The number of hydrogen-bond donors (Lipinski definition) is 3. The van der Waals surface area contributed by atoms with E-state index in [-0.39, 0.29) is 29.4 Å². The van der Waals surface area contributed by atoms with Crippen LogP contribution in [0.3, 0.4) is 0 Å². The summed E-state index contributed by atoms with van der Waals surface area (Å²) >= 11 is 0. The predicted octanol–water partition coefficient (Wildman–Crippen LogP) is 2.81. The van der Waals surface area contributed by atoms with Crippen LogP contribution in [-0.2, 0) is 12.0 Å². The van der Waals surface area contributed by atoms with Gasteiger partial charge in [-0.05, 0) is 31.4 Å². The second kappa shape index (κ2) is 8.33. The van der Waals surface area contributed by atoms with E-state index in [0.29, 0.717) is 6.54 Å². The molecule has 2 aromatic rings. The average Bonchev–Trinajstić information content (AvgIpc) is 3.17. The molecule has 0 spiro atoms. The summed E-state index contributed by atoms with van der Waals surface area (Å²) in [5, 5.41) is 13.7. The fraction of sp³-hybridized carbons (Fsp3) is 0.412. The maximum Gasteiger partial charge on any atom is 0.191 e. The highest BCUT2D eigenvalue weighted by molar-refractivity contribution is 14.0. The Morgan fingerprint density at radius 3 is 2.61 bits per heavy atom. The molecule has 23 heavy (non-hydrogen) atoms. The van der Waals surface area contributed by atoms with Gasteiger partial charge in [0, 0.05) is 24.7 Å². The Labute approximate surface area is 154 Å². The lowest BCUT2D eigenvalue weighted by molar-refractivity contribution is 0.645. The summed E-state index contributed by atoms with van der Waals surface area (Å²) in [6.07, 6.45) is 4.23. The topological polar surface area (TPSA) is 65.1 Å². The molecule has 3 N–H and O–H groups in total. The van der Waals surface area contributed by atoms with Crippen LogP contribution in [0.4, 0.5) is 0 Å². The van der Waals surface area contributed by atoms with Crippen molar-refractivity contribution in [1.29, 1.82) is 0 Å². The highest BCUT2D eigenvalue weighted by Crippen LogP contribution is 2.47. The number of rotatable bonds is 6. The number of aromatic amines is 1. The van der Waals surface area contributed by atoms with Gasteiger partial charge in [0.05, 0.1) is 12.2 Å². The zero-order chi connectivity index (χ0) is 15.3. The lowest BCUT2D eigenvalue weighted by Gasteiger charge is -2.19. The van der Waals surface area contributed by atoms with E-state index in [1.807, 2.05) is 6.07 Å². The van der Waals surface area contributed by atoms with Gasteiger partial charge in [-0.25, -0.2) is 4.99 Å². The Morgan fingerprint density at radius 2 is 2.00 bits per heavy atom. The van der Waals surface area contributed by atoms with Crippen molar-refractivity contribution in [1.82, 2.24) is 20.8 Å². The van der Waals surface area contributed by atoms with E-state index in [0.717, 1.165) is 24.7 Å². The van der Waals surface area contributed by atoms with Crippen molar-refractivity contribution in [2.24, 2.45) is 4.99 Å². The number of benzene rings is 1. The molecule has 1 aliphatic rings. The van der Waals surface area contributed by atoms with Crippen molar-refractivity contribution in [3.63, 3.8) is 0 Å². The van der Waals surface area contributed by atoms with Crippen LogP contribution >= 0.6 is 24.0 Å². The summed E-state index contributed by atoms with van der Waals surface area (Å²) in [5.74, 6) is 0.860. The third-order valence-corrected chi connectivity index (χ3v) is 4.14. The van der Waals surface area contributed by atoms with Crippen LogP contribution in [0.2, 0.25) is 0 Å². The molecule has 1 aliphatic carbocycles. The third-order valence-electron chi connectivity index (χ3n) is 4.14. The molecule has 0 unspecified atom stereocenters. The lowest BCUT2D eigenvalue weighted by Crippen LogP contribution is -2.41. The third kappa shape index (κ3) is 4.70. The molecule has 1 aromatic heterocycles. The molecule has 0 aliphatic heterocycles. The number of aromatic nitrogens is 2. The van der Waals surface area contributed by atoms with Gasteiger partial charge in [0.15, 0.2) is 5.96 Å². The predicted molar refractivity (Wildman–Crippen MR) is 104 cm³/mol. The van der Waals surface area contributed by atoms with Gasteiger partial charge in [-0.3, -0.25) is 5.10 Å². The molecular weight excluding hydrogens is 401 g/mol. The van der Waals surface area contributed by atoms with Crippen LogP contribution in [0.5, 0.6) is 0 Å². The summed E-state index contributed by atoms with van der Waals surface area (Å²) in [5.41, 5.74) is 2.72. The molecule has 124 valence electrons. The number of nitrogens with zero attached hydrogens (tertiary/aromatic N) is 2. The smallest absolute Gasteiger partial charge is 0.191 e. The van der Waals surface area contributed by atoms with Gasteiger partial charge in [-0.2, -0.15) is 5.10 Å². The van der Waals surface area contributed by atoms with Crippen LogP contribution in [0.1, 0.15) is 31.0 Å². The van der Waals surface area contributed by atoms with E-state index < -0.39 is 0 Å². The SMILES string of the molecule is CCNC(=NCc1ccn[nH]1)NCC1(c2ccccc2)CC1.I. The molecule has 0 radical (unpaired) electrons. The van der Waals surface area contributed by atoms with E-state index in [4.69, 9.17) is 0 Å². The maximum absolute atomic E-state index is 4.60. The fourth-order valence-electron chi connectivity index (χ4n) is 2.64. The molecule has 0 saturated heterocycles. The summed E-state index contributed by atoms with van der Waals surface area (Å²) in [4.78, 5) is 4.60. The molecule has 3 rings (SSSR count). The van der Waals surface area contributed by atoms with Crippen LogP contribution in [0.15, 0.2) is 47.6 Å². The molecule has 1 heterocycles. The monoisotopic (exact) mass is 425 g/mol. The zero-order valence-electron chi connectivity index (χ0n) is 13.4. The molecule has 0 bridgehead atoms. The van der Waals surface area contributed by atoms with Crippen LogP contribution in [0.25, 0.3) is 0 Å². The van der Waals surface area contributed by atoms with Crippen LogP contribution in [0, 0.1) is 0 Å². The van der Waals surface area contributed by atoms with Crippen molar-refractivity contribution < 1.29 is 0 Å². The maximum atomic E-state index is 4.60. The van der Waals surface area contributed by atoms with E-state index in [1.54, 1.807) is 6.20 Å². The lowest BCUT2D eigenvalue weighted by atomic mass is 9.96. The second-order valence-electron chi connectivity index (χ2n) is 5.78. The number of nitrogens with one attached hydrogen (secondary N) is 3. The Balaban J connectivity index is 0.00000192. The number of aliphatic imine (C=N–C) groups is 1. The van der Waals surface area contributed by atoms with Gasteiger partial charge in [-0.1, -0.05) is 30.3 Å². The second-order valence-corrected chi connectivity index (χ2v) is 5.78. The van der Waals surface area contributed by atoms with E-state index >= 15 is 0 Å². The summed E-state index contributed by atoms with van der Waals surface area (Å²) in [6, 6.07) is 12.7. The molecule has 1 aromatic carbocycles. The number of hydrogen-bond acceptors (Lipinski definition) is 2. The van der Waals surface area contributed by atoms with Gasteiger partial charge in [0.2, 0.25) is 0 Å². The first-order valence-corrected chi connectivity index (χ1v) is 7.88. The van der Waals surface area contributed by atoms with E-state index in [2.05, 4.69) is 63.1 Å². The molecule has 0 atom stereocenters. The van der Waals surface area contributed by atoms with Crippen molar-refractivity contribution in [2.75, 3.05) is 13.1 Å². The standard InChI is InChI=1S/C17H23N5.HI/c1-2-18-16(19-12-15-8-11-21-22-15)20-13-17(9-10-17)14-6-4-3-5-7-14;/h3-8,11H,2,9-10,12-13H2,1H3,(H,21,22)(H2,18,19,20);1H. The van der Waals surface area contributed by atoms with Crippen LogP contribution in [-0.4, -0.2) is 29.2 Å². The fourth-order valence-corrected chi connectivity index (χ4v) is 2.64. The number of halogens is 1. The Morgan fingerprint density at radius 1 is 1.22 bits per heavy atom. The van der Waals surface area contributed by atoms with Gasteiger partial charge in [-0.15, -0.1) is 24.0 Å². The average molecular weight is 425 g/mol. The van der Waals surface area contributed by atoms with E-state index in [1.165, 1.54) is 18.4 Å². The summed E-state index contributed by atoms with van der Waals surface area (Å²) < 4.78 is 0.